The molecule has 142 valence electrons. The summed E-state index contributed by atoms with van der Waals surface area (Å²) < 4.78 is 6.47. The second-order valence-electron chi connectivity index (χ2n) is 5.17. The van der Waals surface area contributed by atoms with Gasteiger partial charge in [-0.2, -0.15) is 0 Å². The molecule has 0 fully saturated rings. The average molecular weight is 465 g/mol. The Morgan fingerprint density at radius 1 is 0.583 bits per heavy atom. The number of alkyl halides is 6. The Morgan fingerprint density at radius 2 is 0.875 bits per heavy atom. The van der Waals surface area contributed by atoms with Gasteiger partial charge in [-0.05, 0) is 12.8 Å². The molecule has 0 atom stereocenters. The fraction of sp³-hybridized carbons (Fsp3) is 0.857. The Labute approximate surface area is 172 Å². The lowest BCUT2D eigenvalue weighted by atomic mass is 10.1. The van der Waals surface area contributed by atoms with E-state index >= 15 is 0 Å². The van der Waals surface area contributed by atoms with E-state index in [1.54, 1.807) is 0 Å². The number of unbranched alkanes of at least 4 members (excludes halogenated alkanes) is 5. The number of carbonyl (C=O) groups excluding carboxylic acids is 2. The molecule has 0 radical (unpaired) electrons. The highest BCUT2D eigenvalue weighted by atomic mass is 35.6. The van der Waals surface area contributed by atoms with Crippen molar-refractivity contribution in [2.45, 2.75) is 59.0 Å². The Morgan fingerprint density at radius 3 is 1.17 bits per heavy atom. The first-order valence-electron chi connectivity index (χ1n) is 7.44. The lowest BCUT2D eigenvalue weighted by Crippen LogP contribution is -2.17. The number of ether oxygens (including phenoxy) is 2. The summed E-state index contributed by atoms with van der Waals surface area (Å²) in [4.78, 5) is 22.7. The number of hydrogen-bond donors (Lipinski definition) is 0. The Hall–Kier alpha value is 0.680. The Kier molecular flexibility index (Phi) is 13.3. The highest BCUT2D eigenvalue weighted by molar-refractivity contribution is 6.68. The molecule has 10 heteroatoms. The van der Waals surface area contributed by atoms with Crippen LogP contribution in [0.2, 0.25) is 0 Å². The van der Waals surface area contributed by atoms with Crippen LogP contribution in [0, 0.1) is 0 Å². The van der Waals surface area contributed by atoms with Gasteiger partial charge in [0.05, 0.1) is 0 Å². The summed E-state index contributed by atoms with van der Waals surface area (Å²) in [5.41, 5.74) is 0. The predicted octanol–water partition coefficient (Wildman–Crippen LogP) is 5.93. The normalized spacial score (nSPS) is 12.1. The molecule has 0 bridgehead atoms. The minimum absolute atomic E-state index is 0.245. The molecule has 0 heterocycles. The van der Waals surface area contributed by atoms with Gasteiger partial charge in [0.25, 0.3) is 0 Å². The number of halogens is 6. The molecule has 0 saturated heterocycles. The van der Waals surface area contributed by atoms with Crippen molar-refractivity contribution < 1.29 is 19.1 Å². The molecule has 0 N–H and O–H groups in total. The van der Waals surface area contributed by atoms with Crippen molar-refractivity contribution in [3.05, 3.63) is 0 Å². The van der Waals surface area contributed by atoms with Crippen molar-refractivity contribution in [1.82, 2.24) is 0 Å². The van der Waals surface area contributed by atoms with Gasteiger partial charge >= 0.3 is 11.9 Å². The van der Waals surface area contributed by atoms with Gasteiger partial charge in [0.1, 0.15) is 13.2 Å². The van der Waals surface area contributed by atoms with E-state index < -0.39 is 7.59 Å². The van der Waals surface area contributed by atoms with Crippen LogP contribution < -0.4 is 0 Å². The summed E-state index contributed by atoms with van der Waals surface area (Å²) in [6, 6.07) is 0. The molecule has 0 aromatic heterocycles. The van der Waals surface area contributed by atoms with Gasteiger partial charge in [-0.25, -0.2) is 0 Å². The molecule has 0 spiro atoms. The topological polar surface area (TPSA) is 52.6 Å². The SMILES string of the molecule is O=C(CCCCCCCCC(=O)OCC(Cl)(Cl)Cl)OCC(Cl)(Cl)Cl. The zero-order chi connectivity index (χ0) is 18.6. The number of hydrogen-bond acceptors (Lipinski definition) is 4. The Bertz CT molecular complexity index is 342. The largest absolute Gasteiger partial charge is 0.461 e. The quantitative estimate of drug-likeness (QED) is 0.216. The fourth-order valence-electron chi connectivity index (χ4n) is 1.71. The van der Waals surface area contributed by atoms with Crippen molar-refractivity contribution >= 4 is 81.5 Å². The molecule has 0 rings (SSSR count). The minimum Gasteiger partial charge on any atom is -0.461 e. The molecule has 0 amide bonds. The number of esters is 2. The fourth-order valence-corrected chi connectivity index (χ4v) is 2.04. The van der Waals surface area contributed by atoms with Crippen LogP contribution in [0.1, 0.15) is 51.4 Å². The van der Waals surface area contributed by atoms with Crippen LogP contribution in [0.25, 0.3) is 0 Å². The van der Waals surface area contributed by atoms with Crippen molar-refractivity contribution in [3.8, 4) is 0 Å². The third-order valence-corrected chi connectivity index (χ3v) is 3.46. The monoisotopic (exact) mass is 462 g/mol. The summed E-state index contributed by atoms with van der Waals surface area (Å²) in [5, 5.41) is 0. The summed E-state index contributed by atoms with van der Waals surface area (Å²) in [6.45, 7) is -0.490. The highest BCUT2D eigenvalue weighted by Crippen LogP contribution is 2.26. The molecular weight excluding hydrogens is 445 g/mol. The van der Waals surface area contributed by atoms with Crippen molar-refractivity contribution in [3.63, 3.8) is 0 Å². The van der Waals surface area contributed by atoms with Crippen LogP contribution in [-0.2, 0) is 19.1 Å². The maximum absolute atomic E-state index is 11.4. The lowest BCUT2D eigenvalue weighted by Gasteiger charge is -2.11. The van der Waals surface area contributed by atoms with E-state index in [0.29, 0.717) is 25.7 Å². The highest BCUT2D eigenvalue weighted by Gasteiger charge is 2.22. The third kappa shape index (κ3) is 19.0. The van der Waals surface area contributed by atoms with Crippen LogP contribution in [0.3, 0.4) is 0 Å². The first kappa shape index (κ1) is 24.7. The molecule has 0 unspecified atom stereocenters. The molecule has 24 heavy (non-hydrogen) atoms. The summed E-state index contributed by atoms with van der Waals surface area (Å²) in [6.07, 6.45) is 5.71. The molecule has 0 aliphatic carbocycles. The van der Waals surface area contributed by atoms with E-state index in [4.69, 9.17) is 79.1 Å². The predicted molar refractivity (Wildman–Crippen MR) is 99.4 cm³/mol. The first-order valence-corrected chi connectivity index (χ1v) is 9.71. The van der Waals surface area contributed by atoms with Crippen LogP contribution in [0.5, 0.6) is 0 Å². The average Bonchev–Trinajstić information content (AvgIpc) is 2.44. The van der Waals surface area contributed by atoms with Crippen molar-refractivity contribution in [2.75, 3.05) is 13.2 Å². The van der Waals surface area contributed by atoms with Gasteiger partial charge in [0.2, 0.25) is 7.59 Å². The molecule has 0 aliphatic heterocycles. The van der Waals surface area contributed by atoms with E-state index in [-0.39, 0.29) is 25.2 Å². The van der Waals surface area contributed by atoms with Crippen LogP contribution in [0.4, 0.5) is 0 Å². The van der Waals surface area contributed by atoms with Gasteiger partial charge in [0.15, 0.2) is 0 Å². The van der Waals surface area contributed by atoms with E-state index in [1.165, 1.54) is 0 Å². The van der Waals surface area contributed by atoms with Crippen LogP contribution in [-0.4, -0.2) is 32.7 Å². The first-order chi connectivity index (χ1) is 11.0. The van der Waals surface area contributed by atoms with Gasteiger partial charge in [-0.1, -0.05) is 95.3 Å². The van der Waals surface area contributed by atoms with E-state index in [0.717, 1.165) is 25.7 Å². The van der Waals surface area contributed by atoms with E-state index in [1.807, 2.05) is 0 Å². The minimum atomic E-state index is -1.57. The standard InChI is InChI=1S/C14H20Cl6O4/c15-13(16,17)9-23-11(21)7-5-3-1-2-4-6-8-12(22)24-10-14(18,19)20/h1-10H2. The molecule has 0 saturated carbocycles. The second kappa shape index (κ2) is 12.9. The van der Waals surface area contributed by atoms with Gasteiger partial charge < -0.3 is 9.47 Å². The maximum atomic E-state index is 11.4. The third-order valence-electron chi connectivity index (χ3n) is 2.81. The number of carbonyl (C=O) groups is 2. The molecule has 0 aliphatic rings. The summed E-state index contributed by atoms with van der Waals surface area (Å²) in [5.74, 6) is -0.754. The van der Waals surface area contributed by atoms with E-state index in [2.05, 4.69) is 0 Å². The van der Waals surface area contributed by atoms with Crippen molar-refractivity contribution in [1.29, 1.82) is 0 Å². The molecular formula is C14H20Cl6O4. The second-order valence-corrected chi connectivity index (χ2v) is 10.2. The number of rotatable bonds is 11. The van der Waals surface area contributed by atoms with Gasteiger partial charge in [0, 0.05) is 12.8 Å². The molecule has 4 nitrogen and oxygen atoms in total. The smallest absolute Gasteiger partial charge is 0.305 e. The maximum Gasteiger partial charge on any atom is 0.305 e. The zero-order valence-corrected chi connectivity index (χ0v) is 17.5. The van der Waals surface area contributed by atoms with Crippen LogP contribution >= 0.6 is 69.6 Å². The molecule has 0 aromatic carbocycles. The van der Waals surface area contributed by atoms with Crippen molar-refractivity contribution in [2.24, 2.45) is 0 Å². The Balaban J connectivity index is 3.42. The zero-order valence-electron chi connectivity index (χ0n) is 13.0. The summed E-state index contributed by atoms with van der Waals surface area (Å²) in [7, 11) is 0. The molecule has 0 aromatic rings. The van der Waals surface area contributed by atoms with Gasteiger partial charge in [-0.15, -0.1) is 0 Å². The van der Waals surface area contributed by atoms with Crippen LogP contribution in [0.15, 0.2) is 0 Å². The van der Waals surface area contributed by atoms with Gasteiger partial charge in [-0.3, -0.25) is 9.59 Å². The lowest BCUT2D eigenvalue weighted by molar-refractivity contribution is -0.144. The summed E-state index contributed by atoms with van der Waals surface area (Å²) >= 11 is 32.8. The van der Waals surface area contributed by atoms with E-state index in [9.17, 15) is 9.59 Å².